The number of hydrogen-bond acceptors (Lipinski definition) is 5. The number of ether oxygens (including phenoxy) is 1. The van der Waals surface area contributed by atoms with E-state index in [1.807, 2.05) is 0 Å². The van der Waals surface area contributed by atoms with Gasteiger partial charge in [0.2, 0.25) is 5.91 Å². The van der Waals surface area contributed by atoms with E-state index in [4.69, 9.17) is 4.74 Å². The van der Waals surface area contributed by atoms with Crippen molar-refractivity contribution < 1.29 is 24.5 Å². The number of esters is 1. The highest BCUT2D eigenvalue weighted by Gasteiger charge is 2.20. The lowest BCUT2D eigenvalue weighted by molar-refractivity contribution is -0.143. The largest absolute Gasteiger partial charge is 0.466 e. The Hall–Kier alpha value is -1.92. The molecule has 0 aromatic carbocycles. The van der Waals surface area contributed by atoms with E-state index in [1.165, 1.54) is 289 Å². The number of hydrogen-bond donors (Lipinski definition) is 3. The Labute approximate surface area is 474 Å². The number of amides is 1. The number of rotatable bonds is 64. The number of allylic oxidation sites excluding steroid dienone is 6. The van der Waals surface area contributed by atoms with E-state index in [9.17, 15) is 19.8 Å². The molecule has 0 bridgehead atoms. The zero-order valence-corrected chi connectivity index (χ0v) is 51.3. The van der Waals surface area contributed by atoms with Crippen molar-refractivity contribution >= 4 is 11.9 Å². The highest BCUT2D eigenvalue weighted by Crippen LogP contribution is 2.18. The molecule has 0 fully saturated rings. The van der Waals surface area contributed by atoms with Crippen molar-refractivity contribution in [1.29, 1.82) is 0 Å². The van der Waals surface area contributed by atoms with Crippen molar-refractivity contribution in [3.8, 4) is 0 Å². The Morgan fingerprint density at radius 1 is 0.368 bits per heavy atom. The van der Waals surface area contributed by atoms with Crippen LogP contribution in [0.1, 0.15) is 373 Å². The van der Waals surface area contributed by atoms with Gasteiger partial charge in [-0.05, 0) is 83.5 Å². The van der Waals surface area contributed by atoms with Crippen molar-refractivity contribution in [3.63, 3.8) is 0 Å². The molecule has 0 rings (SSSR count). The Kier molecular flexibility index (Phi) is 63.9. The van der Waals surface area contributed by atoms with Crippen LogP contribution in [0.5, 0.6) is 0 Å². The summed E-state index contributed by atoms with van der Waals surface area (Å²) >= 11 is 0. The first-order valence-corrected chi connectivity index (χ1v) is 34.2. The van der Waals surface area contributed by atoms with Gasteiger partial charge in [-0.25, -0.2) is 0 Å². The molecule has 1 amide bonds. The molecule has 0 aliphatic rings. The summed E-state index contributed by atoms with van der Waals surface area (Å²) in [6.07, 6.45) is 83.4. The summed E-state index contributed by atoms with van der Waals surface area (Å²) in [6.45, 7) is 4.93. The molecule has 0 spiro atoms. The van der Waals surface area contributed by atoms with Crippen molar-refractivity contribution in [3.05, 3.63) is 36.5 Å². The molecule has 0 saturated carbocycles. The first kappa shape index (κ1) is 74.1. The highest BCUT2D eigenvalue weighted by molar-refractivity contribution is 5.76. The SMILES string of the molecule is CCCCC/C=C\C/C=C\CCCCCCCCCC(=O)OCCCCCCCCCCCCCC/C=C\CCCCCCCCCCCCCCCCCCC(=O)NC(CO)C(O)CCCCCCCCCCCC. The number of carbonyl (C=O) groups excluding carboxylic acids is 2. The molecular formula is C70H133NO5. The molecule has 2 unspecified atom stereocenters. The summed E-state index contributed by atoms with van der Waals surface area (Å²) in [4.78, 5) is 24.5. The molecule has 448 valence electrons. The minimum absolute atomic E-state index is 0.0106. The Morgan fingerprint density at radius 3 is 1.04 bits per heavy atom. The van der Waals surface area contributed by atoms with Crippen LogP contribution in [0.4, 0.5) is 0 Å². The van der Waals surface area contributed by atoms with Crippen LogP contribution in [-0.4, -0.2) is 47.4 Å². The third-order valence-electron chi connectivity index (χ3n) is 15.9. The number of carbonyl (C=O) groups is 2. The number of aliphatic hydroxyl groups excluding tert-OH is 2. The fourth-order valence-corrected chi connectivity index (χ4v) is 10.7. The topological polar surface area (TPSA) is 95.9 Å². The van der Waals surface area contributed by atoms with Crippen molar-refractivity contribution in [1.82, 2.24) is 5.32 Å². The minimum atomic E-state index is -0.660. The van der Waals surface area contributed by atoms with E-state index in [0.717, 1.165) is 51.4 Å². The van der Waals surface area contributed by atoms with Crippen LogP contribution in [0.15, 0.2) is 36.5 Å². The number of aliphatic hydroxyl groups is 2. The second-order valence-electron chi connectivity index (χ2n) is 23.5. The maximum Gasteiger partial charge on any atom is 0.305 e. The van der Waals surface area contributed by atoms with E-state index in [2.05, 4.69) is 55.6 Å². The Bertz CT molecular complexity index is 1230. The predicted octanol–water partition coefficient (Wildman–Crippen LogP) is 21.9. The molecule has 0 aromatic rings. The lowest BCUT2D eigenvalue weighted by atomic mass is 10.0. The average molecular weight is 1070 g/mol. The van der Waals surface area contributed by atoms with E-state index in [0.29, 0.717) is 25.9 Å². The van der Waals surface area contributed by atoms with Gasteiger partial charge in [0.05, 0.1) is 25.4 Å². The van der Waals surface area contributed by atoms with Crippen molar-refractivity contribution in [2.75, 3.05) is 13.2 Å². The third-order valence-corrected chi connectivity index (χ3v) is 15.9. The van der Waals surface area contributed by atoms with E-state index < -0.39 is 12.1 Å². The summed E-state index contributed by atoms with van der Waals surface area (Å²) in [6, 6.07) is -0.538. The summed E-state index contributed by atoms with van der Waals surface area (Å²) in [7, 11) is 0. The normalized spacial score (nSPS) is 12.7. The maximum atomic E-state index is 12.4. The van der Waals surface area contributed by atoms with E-state index >= 15 is 0 Å². The van der Waals surface area contributed by atoms with Crippen LogP contribution in [0.3, 0.4) is 0 Å². The van der Waals surface area contributed by atoms with Gasteiger partial charge in [-0.2, -0.15) is 0 Å². The van der Waals surface area contributed by atoms with Gasteiger partial charge in [-0.15, -0.1) is 0 Å². The van der Waals surface area contributed by atoms with Gasteiger partial charge in [0.1, 0.15) is 0 Å². The monoisotopic (exact) mass is 1070 g/mol. The van der Waals surface area contributed by atoms with E-state index in [1.54, 1.807) is 0 Å². The molecule has 6 heteroatoms. The standard InChI is InChI=1S/C70H133NO5/c1-3-5-7-9-11-13-15-16-17-34-38-41-44-48-52-56-60-64-70(75)76-65-61-57-53-49-45-42-39-36-33-31-29-27-25-23-21-19-18-20-22-24-26-28-30-32-35-37-40-43-47-51-55-59-63-69(74)71-67(66-72)68(73)62-58-54-50-46-14-12-10-8-6-4-2/h11,13,16-17,21,23,67-68,72-73H,3-10,12,14-15,18-20,22,24-66H2,1-2H3,(H,71,74)/b13-11-,17-16-,23-21-. The Balaban J connectivity index is 3.33. The lowest BCUT2D eigenvalue weighted by Crippen LogP contribution is -2.45. The van der Waals surface area contributed by atoms with Gasteiger partial charge in [-0.1, -0.05) is 314 Å². The van der Waals surface area contributed by atoms with Crippen LogP contribution >= 0.6 is 0 Å². The molecule has 0 aromatic heterocycles. The summed E-state index contributed by atoms with van der Waals surface area (Å²) in [5, 5.41) is 23.2. The van der Waals surface area contributed by atoms with E-state index in [-0.39, 0.29) is 18.5 Å². The van der Waals surface area contributed by atoms with Gasteiger partial charge >= 0.3 is 5.97 Å². The molecule has 2 atom stereocenters. The maximum absolute atomic E-state index is 12.4. The highest BCUT2D eigenvalue weighted by atomic mass is 16.5. The van der Waals surface area contributed by atoms with Crippen molar-refractivity contribution in [2.45, 2.75) is 386 Å². The molecule has 0 saturated heterocycles. The fourth-order valence-electron chi connectivity index (χ4n) is 10.7. The van der Waals surface area contributed by atoms with Crippen molar-refractivity contribution in [2.24, 2.45) is 0 Å². The number of nitrogens with one attached hydrogen (secondary N) is 1. The summed E-state index contributed by atoms with van der Waals surface area (Å²) < 4.78 is 5.50. The predicted molar refractivity (Wildman–Crippen MR) is 333 cm³/mol. The van der Waals surface area contributed by atoms with Crippen LogP contribution in [0.25, 0.3) is 0 Å². The second-order valence-corrected chi connectivity index (χ2v) is 23.5. The third kappa shape index (κ3) is 61.3. The zero-order chi connectivity index (χ0) is 55.0. The number of unbranched alkanes of at least 4 members (excludes halogenated alkanes) is 47. The second kappa shape index (κ2) is 65.6. The van der Waals surface area contributed by atoms with Crippen LogP contribution in [0.2, 0.25) is 0 Å². The Morgan fingerprint density at radius 2 is 0.658 bits per heavy atom. The fraction of sp³-hybridized carbons (Fsp3) is 0.886. The van der Waals surface area contributed by atoms with Gasteiger partial charge in [0.25, 0.3) is 0 Å². The molecule has 3 N–H and O–H groups in total. The zero-order valence-electron chi connectivity index (χ0n) is 51.3. The summed E-state index contributed by atoms with van der Waals surface area (Å²) in [5.74, 6) is -0.0222. The van der Waals surface area contributed by atoms with Gasteiger partial charge in [0, 0.05) is 12.8 Å². The molecule has 0 aliphatic carbocycles. The molecule has 76 heavy (non-hydrogen) atoms. The first-order valence-electron chi connectivity index (χ1n) is 34.2. The molecular weight excluding hydrogens is 935 g/mol. The average Bonchev–Trinajstić information content (AvgIpc) is 3.42. The first-order chi connectivity index (χ1) is 37.5. The van der Waals surface area contributed by atoms with Gasteiger partial charge in [0.15, 0.2) is 0 Å². The van der Waals surface area contributed by atoms with Crippen LogP contribution < -0.4 is 5.32 Å². The van der Waals surface area contributed by atoms with Crippen LogP contribution in [-0.2, 0) is 14.3 Å². The van der Waals surface area contributed by atoms with Gasteiger partial charge in [-0.3, -0.25) is 9.59 Å². The molecule has 6 nitrogen and oxygen atoms in total. The lowest BCUT2D eigenvalue weighted by Gasteiger charge is -2.22. The smallest absolute Gasteiger partial charge is 0.305 e. The van der Waals surface area contributed by atoms with Gasteiger partial charge < -0.3 is 20.3 Å². The molecule has 0 aliphatic heterocycles. The molecule has 0 radical (unpaired) electrons. The van der Waals surface area contributed by atoms with Crippen LogP contribution in [0, 0.1) is 0 Å². The minimum Gasteiger partial charge on any atom is -0.466 e. The quantitative estimate of drug-likeness (QED) is 0.0320. The molecule has 0 heterocycles. The summed E-state index contributed by atoms with van der Waals surface area (Å²) in [5.41, 5.74) is 0.